The number of rotatable bonds is 8. The zero-order valence-corrected chi connectivity index (χ0v) is 16.0. The van der Waals surface area contributed by atoms with Gasteiger partial charge in [0.05, 0.1) is 39.0 Å². The van der Waals surface area contributed by atoms with Crippen molar-refractivity contribution in [3.8, 4) is 11.5 Å². The smallest absolute Gasteiger partial charge is 0.387 e. The van der Waals surface area contributed by atoms with Gasteiger partial charge in [0.15, 0.2) is 11.5 Å². The second kappa shape index (κ2) is 9.36. The Balaban J connectivity index is 2.49. The van der Waals surface area contributed by atoms with Gasteiger partial charge in [-0.15, -0.1) is 0 Å². The highest BCUT2D eigenvalue weighted by Crippen LogP contribution is 2.36. The van der Waals surface area contributed by atoms with E-state index in [4.69, 9.17) is 14.2 Å². The maximum absolute atomic E-state index is 12.5. The molecule has 1 heterocycles. The highest BCUT2D eigenvalue weighted by Gasteiger charge is 2.36. The number of esters is 1. The number of methoxy groups -OCH3 is 3. The number of carbonyl (C=O) groups excluding carboxylic acids is 2. The van der Waals surface area contributed by atoms with Crippen LogP contribution in [0.15, 0.2) is 29.5 Å². The third kappa shape index (κ3) is 4.50. The molecule has 1 aromatic carbocycles. The predicted molar refractivity (Wildman–Crippen MR) is 94.2 cm³/mol. The van der Waals surface area contributed by atoms with E-state index in [0.717, 1.165) is 0 Å². The Morgan fingerprint density at radius 1 is 1.25 bits per heavy atom. The zero-order valence-electron chi connectivity index (χ0n) is 16.0. The van der Waals surface area contributed by atoms with Crippen molar-refractivity contribution in [1.82, 2.24) is 10.2 Å². The van der Waals surface area contributed by atoms with Crippen molar-refractivity contribution < 1.29 is 37.3 Å². The number of nitrogens with one attached hydrogen (secondary N) is 1. The minimum Gasteiger partial charge on any atom is -0.493 e. The number of allylic oxidation sites excluding steroid dienone is 1. The van der Waals surface area contributed by atoms with Crippen LogP contribution in [0.4, 0.5) is 13.6 Å². The molecule has 0 radical (unpaired) electrons. The molecule has 2 rings (SSSR count). The first-order chi connectivity index (χ1) is 13.3. The van der Waals surface area contributed by atoms with Gasteiger partial charge in [0.1, 0.15) is 0 Å². The largest absolute Gasteiger partial charge is 0.493 e. The molecule has 28 heavy (non-hydrogen) atoms. The fourth-order valence-corrected chi connectivity index (χ4v) is 2.91. The van der Waals surface area contributed by atoms with E-state index in [1.807, 2.05) is 0 Å². The Morgan fingerprint density at radius 2 is 1.96 bits per heavy atom. The molecule has 0 fully saturated rings. The summed E-state index contributed by atoms with van der Waals surface area (Å²) in [5.74, 6) is -0.752. The van der Waals surface area contributed by atoms with Gasteiger partial charge in [0, 0.05) is 12.8 Å². The lowest BCUT2D eigenvalue weighted by atomic mass is 9.94. The number of urea groups is 1. The van der Waals surface area contributed by atoms with E-state index in [2.05, 4.69) is 10.1 Å². The van der Waals surface area contributed by atoms with Crippen LogP contribution in [0.5, 0.6) is 11.5 Å². The Kier molecular flexibility index (Phi) is 7.16. The van der Waals surface area contributed by atoms with Crippen molar-refractivity contribution in [1.29, 1.82) is 0 Å². The van der Waals surface area contributed by atoms with Gasteiger partial charge in [-0.2, -0.15) is 8.78 Å². The molecule has 0 aliphatic carbocycles. The standard InChI is InChI=1S/C18H22F2N2O6/c1-10-14(16(23)27-4)15(21-18(24)22(10)7-8-25-2)11-5-6-12(28-17(19)20)13(9-11)26-3/h5-6,9,15,17H,7-8H2,1-4H3,(H,21,24)/t15-/m1/s1. The maximum atomic E-state index is 12.5. The first-order valence-corrected chi connectivity index (χ1v) is 8.32. The molecule has 1 aliphatic heterocycles. The third-order valence-electron chi connectivity index (χ3n) is 4.26. The molecule has 0 unspecified atom stereocenters. The van der Waals surface area contributed by atoms with Crippen LogP contribution in [-0.4, -0.2) is 58.0 Å². The third-order valence-corrected chi connectivity index (χ3v) is 4.26. The Labute approximate surface area is 161 Å². The number of hydrogen-bond donors (Lipinski definition) is 1. The number of benzene rings is 1. The molecular formula is C18H22F2N2O6. The molecular weight excluding hydrogens is 378 g/mol. The molecule has 10 heteroatoms. The normalized spacial score (nSPS) is 16.9. The van der Waals surface area contributed by atoms with Crippen LogP contribution in [0.2, 0.25) is 0 Å². The van der Waals surface area contributed by atoms with Gasteiger partial charge < -0.3 is 24.3 Å². The highest BCUT2D eigenvalue weighted by molar-refractivity contribution is 5.95. The van der Waals surface area contributed by atoms with Crippen molar-refractivity contribution in [2.24, 2.45) is 0 Å². The van der Waals surface area contributed by atoms with E-state index >= 15 is 0 Å². The number of halogens is 2. The number of ether oxygens (including phenoxy) is 4. The van der Waals surface area contributed by atoms with E-state index in [-0.39, 0.29) is 30.2 Å². The average Bonchev–Trinajstić information content (AvgIpc) is 2.66. The number of hydrogen-bond acceptors (Lipinski definition) is 6. The molecule has 0 bridgehead atoms. The van der Waals surface area contributed by atoms with Gasteiger partial charge in [0.2, 0.25) is 0 Å². The lowest BCUT2D eigenvalue weighted by molar-refractivity contribution is -0.136. The topological polar surface area (TPSA) is 86.3 Å². The molecule has 0 saturated heterocycles. The van der Waals surface area contributed by atoms with E-state index < -0.39 is 24.7 Å². The zero-order chi connectivity index (χ0) is 20.8. The van der Waals surface area contributed by atoms with Crippen molar-refractivity contribution in [2.75, 3.05) is 34.5 Å². The number of carbonyl (C=O) groups is 2. The minimum atomic E-state index is -3.02. The van der Waals surface area contributed by atoms with Crippen molar-refractivity contribution in [3.05, 3.63) is 35.0 Å². The summed E-state index contributed by atoms with van der Waals surface area (Å²) in [6.45, 7) is -0.876. The van der Waals surface area contributed by atoms with Crippen LogP contribution in [0.25, 0.3) is 0 Å². The Hall–Kier alpha value is -2.88. The summed E-state index contributed by atoms with van der Waals surface area (Å²) in [4.78, 5) is 26.3. The number of amides is 2. The van der Waals surface area contributed by atoms with Gasteiger partial charge in [0.25, 0.3) is 0 Å². The molecule has 154 valence electrons. The Morgan fingerprint density at radius 3 is 2.54 bits per heavy atom. The van der Waals surface area contributed by atoms with Crippen molar-refractivity contribution in [3.63, 3.8) is 0 Å². The fourth-order valence-electron chi connectivity index (χ4n) is 2.91. The summed E-state index contributed by atoms with van der Waals surface area (Å²) in [6, 6.07) is 2.89. The number of nitrogens with zero attached hydrogens (tertiary/aromatic N) is 1. The van der Waals surface area contributed by atoms with Gasteiger partial charge in [-0.05, 0) is 24.6 Å². The molecule has 0 saturated carbocycles. The Bertz CT molecular complexity index is 768. The SMILES string of the molecule is COCCN1C(=O)N[C@H](c2ccc(OC(F)F)c(OC)c2)C(C(=O)OC)=C1C. The number of alkyl halides is 2. The lowest BCUT2D eigenvalue weighted by Gasteiger charge is -2.35. The van der Waals surface area contributed by atoms with E-state index in [1.165, 1.54) is 44.4 Å². The van der Waals surface area contributed by atoms with Crippen LogP contribution in [-0.2, 0) is 14.3 Å². The first-order valence-electron chi connectivity index (χ1n) is 8.32. The molecule has 1 N–H and O–H groups in total. The summed E-state index contributed by atoms with van der Waals surface area (Å²) in [5.41, 5.74) is 1.06. The van der Waals surface area contributed by atoms with Gasteiger partial charge in [-0.3, -0.25) is 4.90 Å². The second-order valence-corrected chi connectivity index (χ2v) is 5.81. The van der Waals surface area contributed by atoms with Gasteiger partial charge in [-0.1, -0.05) is 6.07 Å². The van der Waals surface area contributed by atoms with E-state index in [9.17, 15) is 18.4 Å². The summed E-state index contributed by atoms with van der Waals surface area (Å²) in [7, 11) is 4.03. The van der Waals surface area contributed by atoms with Crippen LogP contribution in [0.3, 0.4) is 0 Å². The van der Waals surface area contributed by atoms with Crippen LogP contribution < -0.4 is 14.8 Å². The summed E-state index contributed by atoms with van der Waals surface area (Å²) in [5, 5.41) is 2.73. The van der Waals surface area contributed by atoms with E-state index in [0.29, 0.717) is 11.3 Å². The van der Waals surface area contributed by atoms with Gasteiger partial charge in [-0.25, -0.2) is 9.59 Å². The summed E-state index contributed by atoms with van der Waals surface area (Å²) >= 11 is 0. The van der Waals surface area contributed by atoms with Crippen molar-refractivity contribution in [2.45, 2.75) is 19.6 Å². The molecule has 2 amide bonds. The minimum absolute atomic E-state index is 0.0377. The van der Waals surface area contributed by atoms with E-state index in [1.54, 1.807) is 6.92 Å². The van der Waals surface area contributed by atoms with Crippen LogP contribution >= 0.6 is 0 Å². The highest BCUT2D eigenvalue weighted by atomic mass is 19.3. The maximum Gasteiger partial charge on any atom is 0.387 e. The second-order valence-electron chi connectivity index (χ2n) is 5.81. The molecule has 1 aromatic rings. The van der Waals surface area contributed by atoms with Crippen LogP contribution in [0.1, 0.15) is 18.5 Å². The first kappa shape index (κ1) is 21.4. The molecule has 0 aromatic heterocycles. The van der Waals surface area contributed by atoms with Crippen molar-refractivity contribution >= 4 is 12.0 Å². The molecule has 1 atom stereocenters. The summed E-state index contributed by atoms with van der Waals surface area (Å²) in [6.07, 6.45) is 0. The quantitative estimate of drug-likeness (QED) is 0.675. The van der Waals surface area contributed by atoms with Gasteiger partial charge >= 0.3 is 18.6 Å². The lowest BCUT2D eigenvalue weighted by Crippen LogP contribution is -2.48. The molecule has 1 aliphatic rings. The summed E-state index contributed by atoms with van der Waals surface area (Å²) < 4.78 is 44.4. The fraction of sp³-hybridized carbons (Fsp3) is 0.444. The average molecular weight is 400 g/mol. The molecule has 0 spiro atoms. The monoisotopic (exact) mass is 400 g/mol. The molecule has 8 nitrogen and oxygen atoms in total. The van der Waals surface area contributed by atoms with Crippen LogP contribution in [0, 0.1) is 0 Å². The predicted octanol–water partition coefficient (Wildman–Crippen LogP) is 2.46.